The average Bonchev–Trinajstić information content (AvgIpc) is 2.28. The molecule has 0 amide bonds. The van der Waals surface area contributed by atoms with Gasteiger partial charge in [0.15, 0.2) is 0 Å². The van der Waals surface area contributed by atoms with Crippen molar-refractivity contribution in [1.82, 2.24) is 0 Å². The molecule has 2 saturated carbocycles. The number of hydrogen-bond acceptors (Lipinski definition) is 2. The van der Waals surface area contributed by atoms with E-state index in [2.05, 4.69) is 6.92 Å². The molecular formula is C14H22O2. The van der Waals surface area contributed by atoms with Crippen LogP contribution in [-0.4, -0.2) is 11.6 Å². The van der Waals surface area contributed by atoms with E-state index < -0.39 is 0 Å². The van der Waals surface area contributed by atoms with E-state index in [4.69, 9.17) is 0 Å². The van der Waals surface area contributed by atoms with E-state index in [1.54, 1.807) is 0 Å². The number of Topliss-reactive ketones (excluding diaryl/α,β-unsaturated/α-hetero) is 2. The largest absolute Gasteiger partial charge is 0.300 e. The first-order chi connectivity index (χ1) is 7.72. The lowest BCUT2D eigenvalue weighted by molar-refractivity contribution is -0.131. The first kappa shape index (κ1) is 11.8. The van der Waals surface area contributed by atoms with Gasteiger partial charge in [-0.3, -0.25) is 9.59 Å². The molecule has 0 heterocycles. The molecule has 3 atom stereocenters. The summed E-state index contributed by atoms with van der Waals surface area (Å²) in [5, 5.41) is 0. The van der Waals surface area contributed by atoms with Crippen LogP contribution in [0.1, 0.15) is 58.3 Å². The molecule has 2 heteroatoms. The number of hydrogen-bond donors (Lipinski definition) is 0. The van der Waals surface area contributed by atoms with E-state index in [-0.39, 0.29) is 5.92 Å². The van der Waals surface area contributed by atoms with E-state index in [1.165, 1.54) is 6.42 Å². The van der Waals surface area contributed by atoms with E-state index in [0.717, 1.165) is 38.5 Å². The third kappa shape index (κ3) is 2.36. The van der Waals surface area contributed by atoms with Crippen LogP contribution in [-0.2, 0) is 9.59 Å². The summed E-state index contributed by atoms with van der Waals surface area (Å²) >= 11 is 0. The Kier molecular flexibility index (Phi) is 3.78. The Labute approximate surface area is 97.8 Å². The minimum atomic E-state index is 0.211. The maximum Gasteiger partial charge on any atom is 0.136 e. The van der Waals surface area contributed by atoms with Crippen LogP contribution in [0.15, 0.2) is 0 Å². The van der Waals surface area contributed by atoms with Gasteiger partial charge >= 0.3 is 0 Å². The smallest absolute Gasteiger partial charge is 0.136 e. The summed E-state index contributed by atoms with van der Waals surface area (Å²) in [6.07, 6.45) is 7.63. The zero-order valence-electron chi connectivity index (χ0n) is 10.2. The van der Waals surface area contributed by atoms with Crippen LogP contribution in [0.5, 0.6) is 0 Å². The third-order valence-electron chi connectivity index (χ3n) is 4.43. The molecule has 0 N–H and O–H groups in total. The van der Waals surface area contributed by atoms with Crippen molar-refractivity contribution in [2.75, 3.05) is 0 Å². The highest BCUT2D eigenvalue weighted by atomic mass is 16.1. The van der Waals surface area contributed by atoms with E-state index >= 15 is 0 Å². The highest BCUT2D eigenvalue weighted by Gasteiger charge is 2.38. The Morgan fingerprint density at radius 1 is 1.12 bits per heavy atom. The van der Waals surface area contributed by atoms with Gasteiger partial charge < -0.3 is 0 Å². The Morgan fingerprint density at radius 3 is 2.56 bits per heavy atom. The lowest BCUT2D eigenvalue weighted by Gasteiger charge is -2.37. The number of carbonyl (C=O) groups excluding carboxylic acids is 2. The van der Waals surface area contributed by atoms with E-state index in [0.29, 0.717) is 29.8 Å². The second kappa shape index (κ2) is 5.11. The Bertz CT molecular complexity index is 282. The van der Waals surface area contributed by atoms with Crippen LogP contribution in [0.25, 0.3) is 0 Å². The van der Waals surface area contributed by atoms with Gasteiger partial charge in [0.2, 0.25) is 0 Å². The second-order valence-electron chi connectivity index (χ2n) is 5.45. The molecule has 0 radical (unpaired) electrons. The molecule has 0 spiro atoms. The van der Waals surface area contributed by atoms with Crippen molar-refractivity contribution >= 4 is 11.6 Å². The van der Waals surface area contributed by atoms with Gasteiger partial charge in [-0.05, 0) is 37.5 Å². The predicted molar refractivity (Wildman–Crippen MR) is 63.1 cm³/mol. The maximum atomic E-state index is 12.1. The molecule has 2 aliphatic rings. The number of rotatable bonds is 2. The van der Waals surface area contributed by atoms with Gasteiger partial charge in [-0.2, -0.15) is 0 Å². The quantitative estimate of drug-likeness (QED) is 0.719. The molecule has 0 aliphatic heterocycles. The Morgan fingerprint density at radius 2 is 1.88 bits per heavy atom. The topological polar surface area (TPSA) is 34.1 Å². The molecule has 2 rings (SSSR count). The SMILES string of the molecule is CCC1CCCC(=O)C1C1CCCC(=O)C1. The van der Waals surface area contributed by atoms with Crippen molar-refractivity contribution < 1.29 is 9.59 Å². The van der Waals surface area contributed by atoms with Crippen LogP contribution in [0.3, 0.4) is 0 Å². The van der Waals surface area contributed by atoms with Gasteiger partial charge in [0.05, 0.1) is 0 Å². The predicted octanol–water partition coefficient (Wildman–Crippen LogP) is 3.14. The van der Waals surface area contributed by atoms with E-state index in [1.807, 2.05) is 0 Å². The minimum Gasteiger partial charge on any atom is -0.300 e. The van der Waals surface area contributed by atoms with Gasteiger partial charge in [0, 0.05) is 25.2 Å². The molecule has 2 aliphatic carbocycles. The second-order valence-corrected chi connectivity index (χ2v) is 5.45. The summed E-state index contributed by atoms with van der Waals surface area (Å²) in [6.45, 7) is 2.18. The summed E-state index contributed by atoms with van der Waals surface area (Å²) in [5.41, 5.74) is 0. The Hall–Kier alpha value is -0.660. The van der Waals surface area contributed by atoms with Crippen LogP contribution in [0, 0.1) is 17.8 Å². The van der Waals surface area contributed by atoms with Gasteiger partial charge in [-0.25, -0.2) is 0 Å². The first-order valence-electron chi connectivity index (χ1n) is 6.76. The lowest BCUT2D eigenvalue weighted by Crippen LogP contribution is -2.36. The number of ketones is 2. The summed E-state index contributed by atoms with van der Waals surface area (Å²) in [6, 6.07) is 0. The summed E-state index contributed by atoms with van der Waals surface area (Å²) in [7, 11) is 0. The molecule has 0 saturated heterocycles. The molecule has 0 aromatic carbocycles. The fraction of sp³-hybridized carbons (Fsp3) is 0.857. The molecule has 16 heavy (non-hydrogen) atoms. The molecule has 0 aromatic heterocycles. The highest BCUT2D eigenvalue weighted by Crippen LogP contribution is 2.40. The molecule has 0 aromatic rings. The van der Waals surface area contributed by atoms with Crippen molar-refractivity contribution in [2.45, 2.75) is 58.3 Å². The van der Waals surface area contributed by atoms with Crippen LogP contribution >= 0.6 is 0 Å². The first-order valence-corrected chi connectivity index (χ1v) is 6.76. The Balaban J connectivity index is 2.08. The lowest BCUT2D eigenvalue weighted by atomic mass is 9.66. The standard InChI is InChI=1S/C14H22O2/c1-2-10-5-4-8-13(16)14(10)11-6-3-7-12(15)9-11/h10-11,14H,2-9H2,1H3. The summed E-state index contributed by atoms with van der Waals surface area (Å²) in [4.78, 5) is 23.6. The molecule has 2 nitrogen and oxygen atoms in total. The molecule has 0 bridgehead atoms. The van der Waals surface area contributed by atoms with Gasteiger partial charge in [-0.15, -0.1) is 0 Å². The highest BCUT2D eigenvalue weighted by molar-refractivity contribution is 5.84. The van der Waals surface area contributed by atoms with Crippen molar-refractivity contribution in [3.63, 3.8) is 0 Å². The summed E-state index contributed by atoms with van der Waals surface area (Å²) < 4.78 is 0. The average molecular weight is 222 g/mol. The van der Waals surface area contributed by atoms with E-state index in [9.17, 15) is 9.59 Å². The fourth-order valence-electron chi connectivity index (χ4n) is 3.62. The number of carbonyl (C=O) groups is 2. The third-order valence-corrected chi connectivity index (χ3v) is 4.43. The van der Waals surface area contributed by atoms with Gasteiger partial charge in [0.25, 0.3) is 0 Å². The maximum absolute atomic E-state index is 12.1. The molecular weight excluding hydrogens is 200 g/mol. The minimum absolute atomic E-state index is 0.211. The molecule has 3 unspecified atom stereocenters. The van der Waals surface area contributed by atoms with Crippen molar-refractivity contribution in [1.29, 1.82) is 0 Å². The zero-order chi connectivity index (χ0) is 11.5. The van der Waals surface area contributed by atoms with Crippen molar-refractivity contribution in [3.05, 3.63) is 0 Å². The van der Waals surface area contributed by atoms with Gasteiger partial charge in [0.1, 0.15) is 11.6 Å². The molecule has 2 fully saturated rings. The van der Waals surface area contributed by atoms with Gasteiger partial charge in [-0.1, -0.05) is 13.3 Å². The summed E-state index contributed by atoms with van der Waals surface area (Å²) in [5.74, 6) is 1.96. The fourth-order valence-corrected chi connectivity index (χ4v) is 3.62. The van der Waals surface area contributed by atoms with Crippen molar-refractivity contribution in [2.24, 2.45) is 17.8 Å². The normalized spacial score (nSPS) is 36.4. The van der Waals surface area contributed by atoms with Crippen molar-refractivity contribution in [3.8, 4) is 0 Å². The zero-order valence-corrected chi connectivity index (χ0v) is 10.2. The van der Waals surface area contributed by atoms with Crippen LogP contribution in [0.2, 0.25) is 0 Å². The monoisotopic (exact) mass is 222 g/mol. The molecule has 90 valence electrons. The van der Waals surface area contributed by atoms with Crippen LogP contribution < -0.4 is 0 Å². The van der Waals surface area contributed by atoms with Crippen LogP contribution in [0.4, 0.5) is 0 Å².